The number of carbonyl (C=O) groups excluding carboxylic acids is 2. The van der Waals surface area contributed by atoms with Gasteiger partial charge in [-0.2, -0.15) is 0 Å². The van der Waals surface area contributed by atoms with E-state index in [9.17, 15) is 14.0 Å². The van der Waals surface area contributed by atoms with E-state index >= 15 is 0 Å². The van der Waals surface area contributed by atoms with Crippen LogP contribution in [-0.2, 0) is 30.2 Å². The summed E-state index contributed by atoms with van der Waals surface area (Å²) >= 11 is 0. The van der Waals surface area contributed by atoms with E-state index in [4.69, 9.17) is 18.9 Å². The molecule has 4 unspecified atom stereocenters. The third-order valence-corrected chi connectivity index (χ3v) is 5.75. The molecule has 0 bridgehead atoms. The average molecular weight is 482 g/mol. The fourth-order valence-corrected chi connectivity index (χ4v) is 4.25. The highest BCUT2D eigenvalue weighted by Crippen LogP contribution is 2.29. The van der Waals surface area contributed by atoms with Crippen molar-refractivity contribution in [3.05, 3.63) is 35.6 Å². The van der Waals surface area contributed by atoms with Crippen molar-refractivity contribution in [2.24, 2.45) is 5.92 Å². The summed E-state index contributed by atoms with van der Waals surface area (Å²) in [5.74, 6) is -0.707. The lowest BCUT2D eigenvalue weighted by Gasteiger charge is -2.33. The van der Waals surface area contributed by atoms with Gasteiger partial charge < -0.3 is 18.9 Å². The van der Waals surface area contributed by atoms with Crippen molar-refractivity contribution in [1.29, 1.82) is 0 Å². The highest BCUT2D eigenvalue weighted by atomic mass is 19.1. The Morgan fingerprint density at radius 3 is 2.47 bits per heavy atom. The Morgan fingerprint density at radius 2 is 1.88 bits per heavy atom. The van der Waals surface area contributed by atoms with E-state index in [0.717, 1.165) is 18.4 Å². The first-order chi connectivity index (χ1) is 16.1. The summed E-state index contributed by atoms with van der Waals surface area (Å²) in [5.41, 5.74) is 0.290. The second kappa shape index (κ2) is 13.0. The Morgan fingerprint density at radius 1 is 1.21 bits per heavy atom. The van der Waals surface area contributed by atoms with Gasteiger partial charge in [0.1, 0.15) is 30.3 Å². The number of cyclic esters (lactones) is 1. The number of halogens is 1. The van der Waals surface area contributed by atoms with Crippen molar-refractivity contribution in [1.82, 2.24) is 4.90 Å². The first-order valence-electron chi connectivity index (χ1n) is 12.1. The number of rotatable bonds is 8. The smallest absolute Gasteiger partial charge is 0.412 e. The molecule has 34 heavy (non-hydrogen) atoms. The van der Waals surface area contributed by atoms with Gasteiger partial charge in [-0.1, -0.05) is 25.5 Å². The normalized spacial score (nSPS) is 23.9. The lowest BCUT2D eigenvalue weighted by atomic mass is 9.86. The van der Waals surface area contributed by atoms with E-state index in [-0.39, 0.29) is 24.6 Å². The summed E-state index contributed by atoms with van der Waals surface area (Å²) in [6, 6.07) is 5.64. The molecule has 1 fully saturated rings. The van der Waals surface area contributed by atoms with Crippen LogP contribution >= 0.6 is 0 Å². The quantitative estimate of drug-likeness (QED) is 0.380. The molecular weight excluding hydrogens is 441 g/mol. The predicted molar refractivity (Wildman–Crippen MR) is 127 cm³/mol. The van der Waals surface area contributed by atoms with E-state index in [0.29, 0.717) is 25.9 Å². The van der Waals surface area contributed by atoms with Gasteiger partial charge in [-0.25, -0.2) is 14.0 Å². The molecule has 4 atom stereocenters. The zero-order valence-corrected chi connectivity index (χ0v) is 21.3. The largest absolute Gasteiger partial charge is 0.458 e. The molecule has 0 saturated carbocycles. The molecule has 1 heterocycles. The number of hydrogen-bond acceptors (Lipinski definition) is 6. The van der Waals surface area contributed by atoms with Gasteiger partial charge in [-0.3, -0.25) is 4.90 Å². The molecule has 0 radical (unpaired) electrons. The summed E-state index contributed by atoms with van der Waals surface area (Å²) < 4.78 is 36.2. The van der Waals surface area contributed by atoms with Crippen LogP contribution in [-0.4, -0.2) is 61.3 Å². The van der Waals surface area contributed by atoms with E-state index in [2.05, 4.69) is 0 Å². The molecule has 1 aromatic carbocycles. The maximum atomic E-state index is 13.4. The Hall–Kier alpha value is -2.19. The zero-order chi connectivity index (χ0) is 25.3. The summed E-state index contributed by atoms with van der Waals surface area (Å²) in [6.07, 6.45) is 1.90. The summed E-state index contributed by atoms with van der Waals surface area (Å²) in [5, 5.41) is 0. The maximum absolute atomic E-state index is 13.4. The molecule has 7 nitrogen and oxygen atoms in total. The minimum Gasteiger partial charge on any atom is -0.458 e. The molecule has 0 spiro atoms. The molecule has 1 aromatic rings. The maximum Gasteiger partial charge on any atom is 0.412 e. The second-order valence-corrected chi connectivity index (χ2v) is 9.88. The van der Waals surface area contributed by atoms with Crippen LogP contribution in [0.5, 0.6) is 0 Å². The second-order valence-electron chi connectivity index (χ2n) is 9.88. The predicted octanol–water partition coefficient (Wildman–Crippen LogP) is 5.10. The molecule has 0 aliphatic carbocycles. The van der Waals surface area contributed by atoms with Crippen LogP contribution in [0, 0.1) is 11.7 Å². The monoisotopic (exact) mass is 481 g/mol. The van der Waals surface area contributed by atoms with Gasteiger partial charge in [0, 0.05) is 13.7 Å². The molecule has 2 rings (SSSR count). The Labute approximate surface area is 202 Å². The molecule has 0 N–H and O–H groups in total. The first kappa shape index (κ1) is 28.1. The van der Waals surface area contributed by atoms with Gasteiger partial charge in [0.2, 0.25) is 0 Å². The van der Waals surface area contributed by atoms with Gasteiger partial charge in [0.15, 0.2) is 0 Å². The number of hydrogen-bond donors (Lipinski definition) is 0. The number of ether oxygens (including phenoxy) is 4. The Balaban J connectivity index is 2.27. The minimum atomic E-state index is -0.825. The molecule has 1 amide bonds. The number of benzene rings is 1. The third kappa shape index (κ3) is 8.55. The SMILES string of the molecule is CCCOC1C(Cc2ccc(F)cc2)CCCC(N(COC)C(=O)OC(C)(C)C)C(=O)OC1C. The molecule has 192 valence electrons. The molecular formula is C26H40FNO6. The van der Waals surface area contributed by atoms with Crippen LogP contribution in [0.2, 0.25) is 0 Å². The van der Waals surface area contributed by atoms with Crippen molar-refractivity contribution in [3.63, 3.8) is 0 Å². The number of nitrogens with zero attached hydrogens (tertiary/aromatic N) is 1. The number of methoxy groups -OCH3 is 1. The van der Waals surface area contributed by atoms with Gasteiger partial charge in [0.25, 0.3) is 0 Å². The van der Waals surface area contributed by atoms with Crippen molar-refractivity contribution in [2.75, 3.05) is 20.4 Å². The topological polar surface area (TPSA) is 74.3 Å². The molecule has 8 heteroatoms. The standard InChI is InChI=1S/C26H40FNO6/c1-7-15-32-23-18(2)33-24(29)22(28(17-31-6)25(30)34-26(3,4)5)10-8-9-20(23)16-19-11-13-21(27)14-12-19/h11-14,18,20,22-23H,7-10,15-17H2,1-6H3. The lowest BCUT2D eigenvalue weighted by Crippen LogP contribution is -2.49. The third-order valence-electron chi connectivity index (χ3n) is 5.75. The number of esters is 1. The molecule has 1 aliphatic rings. The van der Waals surface area contributed by atoms with Crippen LogP contribution in [0.25, 0.3) is 0 Å². The summed E-state index contributed by atoms with van der Waals surface area (Å²) in [6.45, 7) is 9.63. The van der Waals surface area contributed by atoms with Crippen LogP contribution in [0.15, 0.2) is 24.3 Å². The number of carbonyl (C=O) groups is 2. The van der Waals surface area contributed by atoms with Gasteiger partial charge in [-0.15, -0.1) is 0 Å². The van der Waals surface area contributed by atoms with E-state index in [1.807, 2.05) is 13.8 Å². The number of amides is 1. The van der Waals surface area contributed by atoms with Crippen LogP contribution < -0.4 is 0 Å². The molecule has 1 aliphatic heterocycles. The van der Waals surface area contributed by atoms with Crippen molar-refractivity contribution < 1.29 is 32.9 Å². The van der Waals surface area contributed by atoms with Crippen molar-refractivity contribution in [2.45, 2.75) is 90.6 Å². The Bertz CT molecular complexity index is 778. The van der Waals surface area contributed by atoms with Crippen molar-refractivity contribution in [3.8, 4) is 0 Å². The first-order valence-corrected chi connectivity index (χ1v) is 12.1. The van der Waals surface area contributed by atoms with Gasteiger partial charge in [0.05, 0.1) is 6.10 Å². The van der Waals surface area contributed by atoms with Gasteiger partial charge in [-0.05, 0) is 77.0 Å². The van der Waals surface area contributed by atoms with E-state index < -0.39 is 29.8 Å². The average Bonchev–Trinajstić information content (AvgIpc) is 2.80. The van der Waals surface area contributed by atoms with Crippen LogP contribution in [0.1, 0.15) is 65.9 Å². The van der Waals surface area contributed by atoms with Crippen LogP contribution in [0.3, 0.4) is 0 Å². The zero-order valence-electron chi connectivity index (χ0n) is 21.3. The Kier molecular flexibility index (Phi) is 10.8. The van der Waals surface area contributed by atoms with Crippen molar-refractivity contribution >= 4 is 12.1 Å². The highest BCUT2D eigenvalue weighted by Gasteiger charge is 2.39. The fraction of sp³-hybridized carbons (Fsp3) is 0.692. The van der Waals surface area contributed by atoms with Crippen LogP contribution in [0.4, 0.5) is 9.18 Å². The minimum absolute atomic E-state index is 0.0657. The molecule has 1 saturated heterocycles. The van der Waals surface area contributed by atoms with E-state index in [1.54, 1.807) is 32.9 Å². The summed E-state index contributed by atoms with van der Waals surface area (Å²) in [4.78, 5) is 27.4. The van der Waals surface area contributed by atoms with Gasteiger partial charge >= 0.3 is 12.1 Å². The highest BCUT2D eigenvalue weighted by molar-refractivity contribution is 5.81. The lowest BCUT2D eigenvalue weighted by molar-refractivity contribution is -0.166. The molecule has 0 aromatic heterocycles. The fourth-order valence-electron chi connectivity index (χ4n) is 4.25. The van der Waals surface area contributed by atoms with E-state index in [1.165, 1.54) is 24.1 Å². The summed E-state index contributed by atoms with van der Waals surface area (Å²) in [7, 11) is 1.47.